The Morgan fingerprint density at radius 3 is 2.28 bits per heavy atom. The van der Waals surface area contributed by atoms with Crippen molar-refractivity contribution in [3.8, 4) is 11.8 Å². The number of thioether (sulfide) groups is 1. The molecule has 0 bridgehead atoms. The fraction of sp³-hybridized carbons (Fsp3) is 0.730. The highest BCUT2D eigenvalue weighted by molar-refractivity contribution is 8.13. The maximum absolute atomic E-state index is 15.2. The van der Waals surface area contributed by atoms with Crippen LogP contribution in [0.25, 0.3) is 0 Å². The zero-order chi connectivity index (χ0) is 30.8. The maximum Gasteiger partial charge on any atom is 0.261 e. The van der Waals surface area contributed by atoms with Crippen molar-refractivity contribution in [2.24, 2.45) is 34.1 Å². The summed E-state index contributed by atoms with van der Waals surface area (Å²) < 4.78 is 0. The van der Waals surface area contributed by atoms with Crippen LogP contribution < -0.4 is 0 Å². The average molecular weight is 605 g/mol. The zero-order valence-corrected chi connectivity index (χ0v) is 28.7. The fourth-order valence-electron chi connectivity index (χ4n) is 8.11. The van der Waals surface area contributed by atoms with Gasteiger partial charge in [0.25, 0.3) is 5.91 Å². The predicted molar refractivity (Wildman–Crippen MR) is 183 cm³/mol. The Labute approximate surface area is 266 Å². The number of allylic oxidation sites excluding steroid dienone is 3. The maximum atomic E-state index is 15.2. The highest BCUT2D eigenvalue weighted by Gasteiger charge is 2.67. The third-order valence-electron chi connectivity index (χ3n) is 10.8. The van der Waals surface area contributed by atoms with Gasteiger partial charge >= 0.3 is 0 Å². The number of carbonyl (C=O) groups is 1. The van der Waals surface area contributed by atoms with E-state index in [1.807, 2.05) is 25.6 Å². The van der Waals surface area contributed by atoms with Crippen molar-refractivity contribution in [2.45, 2.75) is 91.0 Å². The number of amides is 1. The van der Waals surface area contributed by atoms with Crippen LogP contribution in [0.2, 0.25) is 0 Å². The van der Waals surface area contributed by atoms with E-state index in [1.165, 1.54) is 25.8 Å². The average Bonchev–Trinajstić information content (AvgIpc) is 3.39. The van der Waals surface area contributed by atoms with E-state index in [4.69, 9.17) is 4.99 Å². The van der Waals surface area contributed by atoms with E-state index in [9.17, 15) is 0 Å². The molecule has 6 heteroatoms. The van der Waals surface area contributed by atoms with Crippen molar-refractivity contribution in [3.63, 3.8) is 0 Å². The number of hydrogen-bond donors (Lipinski definition) is 0. The molecule has 3 atom stereocenters. The van der Waals surface area contributed by atoms with E-state index in [1.54, 1.807) is 0 Å². The Kier molecular flexibility index (Phi) is 10.4. The molecule has 0 aromatic heterocycles. The Morgan fingerprint density at radius 1 is 1.05 bits per heavy atom. The van der Waals surface area contributed by atoms with Crippen molar-refractivity contribution < 1.29 is 4.79 Å². The summed E-state index contributed by atoms with van der Waals surface area (Å²) in [4.78, 5) is 27.8. The second-order valence-electron chi connectivity index (χ2n) is 14.3. The molecule has 0 radical (unpaired) electrons. The van der Waals surface area contributed by atoms with Gasteiger partial charge in [0.05, 0.1) is 0 Å². The molecule has 0 aromatic rings. The molecule has 236 valence electrons. The Balaban J connectivity index is 0.00000180. The van der Waals surface area contributed by atoms with Crippen LogP contribution in [-0.2, 0) is 4.79 Å². The summed E-state index contributed by atoms with van der Waals surface area (Å²) in [5, 5.41) is 0.976. The standard InChI is InChI=1S/C35H50N4OS.C2H6/c1-6-27(7-8-28-9-10-28)19-31-26(3)20-34(15-11-25(2)12-16-34)35(31)32(40)39(23-29-13-17-37(4)21-29)33(36-35)41-24-30-14-18-38(5)22-30;1-2/h6,19,25,28-30H,3,9-18,20-24H2,1-2,4-5H3;1-2H3/b27-6-,31-19+;. The third-order valence-corrected chi connectivity index (χ3v) is 12.1. The molecular weight excluding hydrogens is 549 g/mol. The van der Waals surface area contributed by atoms with E-state index in [-0.39, 0.29) is 11.3 Å². The van der Waals surface area contributed by atoms with Crippen LogP contribution in [0.4, 0.5) is 0 Å². The van der Waals surface area contributed by atoms with Gasteiger partial charge in [0.15, 0.2) is 10.7 Å². The van der Waals surface area contributed by atoms with Crippen LogP contribution in [0.1, 0.15) is 85.5 Å². The zero-order valence-electron chi connectivity index (χ0n) is 27.9. The summed E-state index contributed by atoms with van der Waals surface area (Å²) in [5.41, 5.74) is 2.13. The lowest BCUT2D eigenvalue weighted by Crippen LogP contribution is -2.54. The minimum atomic E-state index is -0.862. The van der Waals surface area contributed by atoms with Gasteiger partial charge in [-0.2, -0.15) is 0 Å². The molecule has 6 aliphatic rings. The molecule has 5 nitrogen and oxygen atoms in total. The van der Waals surface area contributed by atoms with Crippen molar-refractivity contribution in [3.05, 3.63) is 35.5 Å². The number of fused-ring (bicyclic) bond motifs is 1. The molecule has 3 saturated carbocycles. The SMILES string of the molecule is C=C1CC2(CCC(C)CC2)C2(N=C(SCC3CCN(C)C3)N(CC3CCN(C)C3)C2=O)/C1=C/C(C#CC1CC1)=C\C.CC. The van der Waals surface area contributed by atoms with Gasteiger partial charge < -0.3 is 9.80 Å². The second-order valence-corrected chi connectivity index (χ2v) is 15.2. The van der Waals surface area contributed by atoms with Crippen molar-refractivity contribution in [1.82, 2.24) is 14.7 Å². The molecule has 0 aromatic carbocycles. The smallest absolute Gasteiger partial charge is 0.261 e. The van der Waals surface area contributed by atoms with E-state index < -0.39 is 5.54 Å². The summed E-state index contributed by atoms with van der Waals surface area (Å²) >= 11 is 1.85. The minimum Gasteiger partial charge on any atom is -0.306 e. The van der Waals surface area contributed by atoms with Crippen molar-refractivity contribution >= 4 is 22.8 Å². The first-order valence-electron chi connectivity index (χ1n) is 17.2. The first-order chi connectivity index (χ1) is 20.7. The van der Waals surface area contributed by atoms with Gasteiger partial charge in [0, 0.05) is 42.3 Å². The number of aliphatic imine (C=N–C) groups is 1. The van der Waals surface area contributed by atoms with Gasteiger partial charge in [-0.1, -0.05) is 69.9 Å². The molecule has 3 unspecified atom stereocenters. The monoisotopic (exact) mass is 604 g/mol. The first-order valence-corrected chi connectivity index (χ1v) is 18.2. The van der Waals surface area contributed by atoms with Crippen LogP contribution in [0.5, 0.6) is 0 Å². The lowest BCUT2D eigenvalue weighted by Gasteiger charge is -2.44. The van der Waals surface area contributed by atoms with Crippen LogP contribution in [-0.4, -0.2) is 83.9 Å². The Morgan fingerprint density at radius 2 is 1.70 bits per heavy atom. The number of amidine groups is 1. The molecule has 43 heavy (non-hydrogen) atoms. The number of nitrogens with zero attached hydrogens (tertiary/aromatic N) is 4. The van der Waals surface area contributed by atoms with Gasteiger partial charge in [0.1, 0.15) is 0 Å². The lowest BCUT2D eigenvalue weighted by atomic mass is 9.60. The fourth-order valence-corrected chi connectivity index (χ4v) is 9.28. The summed E-state index contributed by atoms with van der Waals surface area (Å²) in [6.45, 7) is 18.3. The first kappa shape index (κ1) is 32.6. The van der Waals surface area contributed by atoms with E-state index in [0.29, 0.717) is 23.7 Å². The molecule has 0 N–H and O–H groups in total. The molecule has 3 aliphatic heterocycles. The molecular formula is C37H56N4OS. The van der Waals surface area contributed by atoms with Crippen LogP contribution in [0.3, 0.4) is 0 Å². The summed E-state index contributed by atoms with van der Waals surface area (Å²) in [7, 11) is 4.42. The Bertz CT molecular complexity index is 1210. The van der Waals surface area contributed by atoms with Gasteiger partial charge in [-0.05, 0) is 114 Å². The van der Waals surface area contributed by atoms with Gasteiger partial charge in [-0.3, -0.25) is 9.69 Å². The Hall–Kier alpha value is -1.81. The molecule has 2 spiro atoms. The van der Waals surface area contributed by atoms with Crippen LogP contribution in [0, 0.1) is 40.9 Å². The second kappa shape index (κ2) is 13.7. The predicted octanol–water partition coefficient (Wildman–Crippen LogP) is 7.03. The molecule has 3 aliphatic carbocycles. The number of rotatable bonds is 5. The molecule has 3 heterocycles. The third kappa shape index (κ3) is 6.61. The van der Waals surface area contributed by atoms with Crippen molar-refractivity contribution in [2.75, 3.05) is 52.6 Å². The van der Waals surface area contributed by atoms with Gasteiger partial charge in [-0.15, -0.1) is 0 Å². The molecule has 5 fully saturated rings. The number of carbonyl (C=O) groups excluding carboxylic acids is 1. The van der Waals surface area contributed by atoms with Crippen LogP contribution in [0.15, 0.2) is 40.4 Å². The molecule has 2 saturated heterocycles. The normalized spacial score (nSPS) is 36.0. The number of hydrogen-bond acceptors (Lipinski definition) is 5. The largest absolute Gasteiger partial charge is 0.306 e. The van der Waals surface area contributed by atoms with E-state index in [0.717, 1.165) is 92.3 Å². The number of likely N-dealkylation sites (tertiary alicyclic amines) is 2. The van der Waals surface area contributed by atoms with Gasteiger partial charge in [-0.25, -0.2) is 4.99 Å². The molecule has 6 rings (SSSR count). The molecule has 1 amide bonds. The highest BCUT2D eigenvalue weighted by atomic mass is 32.2. The minimum absolute atomic E-state index is 0.178. The van der Waals surface area contributed by atoms with Crippen molar-refractivity contribution in [1.29, 1.82) is 0 Å². The highest BCUT2D eigenvalue weighted by Crippen LogP contribution is 2.64. The lowest BCUT2D eigenvalue weighted by molar-refractivity contribution is -0.134. The topological polar surface area (TPSA) is 39.1 Å². The van der Waals surface area contributed by atoms with E-state index in [2.05, 4.69) is 73.2 Å². The van der Waals surface area contributed by atoms with E-state index >= 15 is 4.79 Å². The quantitative estimate of drug-likeness (QED) is 0.316. The van der Waals surface area contributed by atoms with Crippen LogP contribution >= 0.6 is 11.8 Å². The van der Waals surface area contributed by atoms with Gasteiger partial charge in [0.2, 0.25) is 0 Å². The summed E-state index contributed by atoms with van der Waals surface area (Å²) in [6.07, 6.45) is 14.4. The summed E-state index contributed by atoms with van der Waals surface area (Å²) in [6, 6.07) is 0. The summed E-state index contributed by atoms with van der Waals surface area (Å²) in [5.74, 6) is 10.6.